The van der Waals surface area contributed by atoms with Crippen molar-refractivity contribution >= 4 is 29.7 Å². The zero-order chi connectivity index (χ0) is 17.9. The maximum absolute atomic E-state index is 11.0. The Hall–Kier alpha value is -2.08. The molecule has 3 aromatic rings. The van der Waals surface area contributed by atoms with E-state index in [4.69, 9.17) is 8.97 Å². The van der Waals surface area contributed by atoms with Crippen LogP contribution in [-0.2, 0) is 21.1 Å². The van der Waals surface area contributed by atoms with Crippen LogP contribution in [-0.4, -0.2) is 22.9 Å². The Bertz CT molecular complexity index is 949. The molecular formula is C17H17NO5PS+. The zero-order valence-electron chi connectivity index (χ0n) is 13.3. The summed E-state index contributed by atoms with van der Waals surface area (Å²) in [6, 6.07) is 15.2. The summed E-state index contributed by atoms with van der Waals surface area (Å²) in [6.45, 7) is 0. The van der Waals surface area contributed by atoms with Crippen molar-refractivity contribution < 1.29 is 22.0 Å². The van der Waals surface area contributed by atoms with E-state index in [9.17, 15) is 13.0 Å². The van der Waals surface area contributed by atoms with Crippen molar-refractivity contribution in [3.05, 3.63) is 54.1 Å². The van der Waals surface area contributed by atoms with E-state index >= 15 is 0 Å². The van der Waals surface area contributed by atoms with Gasteiger partial charge in [-0.15, -0.1) is 0 Å². The van der Waals surface area contributed by atoms with E-state index < -0.39 is 23.6 Å². The number of aryl methyl sites for hydroxylation is 1. The molecule has 8 heteroatoms. The number of nitrogens with zero attached hydrogens (tertiary/aromatic N) is 1. The Balaban J connectivity index is 1.65. The summed E-state index contributed by atoms with van der Waals surface area (Å²) in [6.07, 6.45) is 1.31. The fourth-order valence-electron chi connectivity index (χ4n) is 2.57. The molecule has 3 rings (SSSR count). The summed E-state index contributed by atoms with van der Waals surface area (Å²) in [7, 11) is -5.31. The van der Waals surface area contributed by atoms with E-state index in [0.29, 0.717) is 18.7 Å². The largest absolute Gasteiger partial charge is 0.436 e. The second-order valence-corrected chi connectivity index (χ2v) is 8.65. The Morgan fingerprint density at radius 2 is 1.84 bits per heavy atom. The maximum Gasteiger partial charge on any atom is 0.346 e. The van der Waals surface area contributed by atoms with Crippen LogP contribution in [0, 0.1) is 0 Å². The number of hydrogen-bond acceptors (Lipinski definition) is 5. The zero-order valence-corrected chi connectivity index (χ0v) is 15.1. The van der Waals surface area contributed by atoms with E-state index in [2.05, 4.69) is 4.98 Å². The Labute approximate surface area is 146 Å². The summed E-state index contributed by atoms with van der Waals surface area (Å²) >= 11 is 0. The van der Waals surface area contributed by atoms with Crippen molar-refractivity contribution in [1.82, 2.24) is 4.98 Å². The van der Waals surface area contributed by atoms with Gasteiger partial charge in [0, 0.05) is 12.0 Å². The summed E-state index contributed by atoms with van der Waals surface area (Å²) in [5.41, 5.74) is 3.41. The quantitative estimate of drug-likeness (QED) is 0.492. The molecule has 0 aliphatic carbocycles. The number of para-hydroxylation sites is 2. The van der Waals surface area contributed by atoms with E-state index in [0.717, 1.165) is 22.2 Å². The summed E-state index contributed by atoms with van der Waals surface area (Å²) < 4.78 is 47.6. The first-order valence-corrected chi connectivity index (χ1v) is 10.2. The van der Waals surface area contributed by atoms with Gasteiger partial charge in [-0.05, 0) is 42.7 Å². The lowest BCUT2D eigenvalue weighted by Crippen LogP contribution is -2.14. The highest BCUT2D eigenvalue weighted by atomic mass is 32.2. The minimum absolute atomic E-state index is 0.160. The molecule has 130 valence electrons. The van der Waals surface area contributed by atoms with Gasteiger partial charge in [0.05, 0.1) is 0 Å². The average molecular weight is 378 g/mol. The first-order valence-electron chi connectivity index (χ1n) is 7.76. The number of aromatic nitrogens is 1. The van der Waals surface area contributed by atoms with Crippen molar-refractivity contribution in [3.8, 4) is 11.5 Å². The average Bonchev–Trinajstić information content (AvgIpc) is 3.02. The smallest absolute Gasteiger partial charge is 0.346 e. The minimum atomic E-state index is -4.25. The van der Waals surface area contributed by atoms with Crippen LogP contribution in [0.25, 0.3) is 22.6 Å². The Morgan fingerprint density at radius 3 is 2.48 bits per heavy atom. The van der Waals surface area contributed by atoms with Crippen LogP contribution >= 0.6 is 8.46 Å². The fraction of sp³-hybridized carbons (Fsp3) is 0.235. The second kappa shape index (κ2) is 7.44. The third-order valence-electron chi connectivity index (χ3n) is 3.92. The molecule has 0 aliphatic heterocycles. The number of rotatable bonds is 7. The number of fused-ring (bicyclic) bond motifs is 1. The molecule has 2 unspecified atom stereocenters. The summed E-state index contributed by atoms with van der Waals surface area (Å²) in [4.78, 5) is 3.24. The predicted octanol–water partition coefficient (Wildman–Crippen LogP) is 4.06. The molecule has 6 nitrogen and oxygen atoms in total. The summed E-state index contributed by atoms with van der Waals surface area (Å²) in [5, 5.41) is 0. The maximum atomic E-state index is 11.0. The molecule has 1 heterocycles. The van der Waals surface area contributed by atoms with Gasteiger partial charge < -0.3 is 4.42 Å². The molecule has 0 aliphatic rings. The molecule has 25 heavy (non-hydrogen) atoms. The molecular weight excluding hydrogens is 361 g/mol. The molecule has 0 saturated carbocycles. The Morgan fingerprint density at radius 1 is 1.12 bits per heavy atom. The second-order valence-electron chi connectivity index (χ2n) is 5.70. The highest BCUT2D eigenvalue weighted by Gasteiger charge is 2.29. The van der Waals surface area contributed by atoms with Gasteiger partial charge in [-0.3, -0.25) is 4.55 Å². The molecule has 0 radical (unpaired) electrons. The fourth-order valence-corrected chi connectivity index (χ4v) is 3.84. The van der Waals surface area contributed by atoms with Crippen molar-refractivity contribution in [2.75, 3.05) is 0 Å². The molecule has 0 amide bonds. The molecule has 0 fully saturated rings. The lowest BCUT2D eigenvalue weighted by atomic mass is 10.1. The third kappa shape index (κ3) is 4.31. The monoisotopic (exact) mass is 378 g/mol. The van der Waals surface area contributed by atoms with E-state index in [-0.39, 0.29) is 6.42 Å². The lowest BCUT2D eigenvalue weighted by molar-refractivity contribution is 0.474. The van der Waals surface area contributed by atoms with Gasteiger partial charge in [-0.1, -0.05) is 28.8 Å². The molecule has 0 bridgehead atoms. The van der Waals surface area contributed by atoms with Gasteiger partial charge in [0.15, 0.2) is 5.58 Å². The third-order valence-corrected chi connectivity index (χ3v) is 6.61. The number of benzene rings is 2. The van der Waals surface area contributed by atoms with Gasteiger partial charge in [0.1, 0.15) is 5.52 Å². The summed E-state index contributed by atoms with van der Waals surface area (Å²) in [5.74, 6) is 0.548. The van der Waals surface area contributed by atoms with Crippen LogP contribution in [0.3, 0.4) is 0 Å². The Kier molecular flexibility index (Phi) is 5.27. The van der Waals surface area contributed by atoms with Crippen molar-refractivity contribution in [1.29, 1.82) is 0 Å². The van der Waals surface area contributed by atoms with E-state index in [1.807, 2.05) is 48.5 Å². The van der Waals surface area contributed by atoms with Gasteiger partial charge in [0.2, 0.25) is 5.89 Å². The topological polar surface area (TPSA) is 97.5 Å². The van der Waals surface area contributed by atoms with Gasteiger partial charge in [0.25, 0.3) is 4.99 Å². The highest BCUT2D eigenvalue weighted by molar-refractivity contribution is 7.90. The van der Waals surface area contributed by atoms with Crippen LogP contribution < -0.4 is 0 Å². The van der Waals surface area contributed by atoms with Gasteiger partial charge in [-0.2, -0.15) is 8.42 Å². The molecule has 0 saturated heterocycles. The van der Waals surface area contributed by atoms with E-state index in [1.54, 1.807) is 0 Å². The van der Waals surface area contributed by atoms with Crippen LogP contribution in [0.1, 0.15) is 18.4 Å². The standard InChI is InChI=1S/C17H16NO5PS/c19-24-16(25(20,21)22)7-3-4-12-8-10-13(11-9-12)17-18-14-5-1-2-6-15(14)23-17/h1-2,5-6,8-11,16H,3-4,7H2,(H,20,21,22)/p+1. The highest BCUT2D eigenvalue weighted by Crippen LogP contribution is 2.25. The molecule has 2 atom stereocenters. The lowest BCUT2D eigenvalue weighted by Gasteiger charge is -2.03. The SMILES string of the molecule is O=[PH+]C(CCCc1ccc(-c2nc3ccccc3o2)cc1)S(=O)(=O)O. The molecule has 1 aromatic heterocycles. The predicted molar refractivity (Wildman–Crippen MR) is 96.7 cm³/mol. The first kappa shape index (κ1) is 17.7. The van der Waals surface area contributed by atoms with Gasteiger partial charge >= 0.3 is 18.6 Å². The first-order chi connectivity index (χ1) is 12.0. The van der Waals surface area contributed by atoms with Crippen LogP contribution in [0.2, 0.25) is 0 Å². The van der Waals surface area contributed by atoms with Crippen LogP contribution in [0.4, 0.5) is 0 Å². The number of oxazole rings is 1. The van der Waals surface area contributed by atoms with Crippen molar-refractivity contribution in [3.63, 3.8) is 0 Å². The number of hydrogen-bond donors (Lipinski definition) is 1. The molecule has 1 N–H and O–H groups in total. The van der Waals surface area contributed by atoms with Crippen molar-refractivity contribution in [2.24, 2.45) is 0 Å². The van der Waals surface area contributed by atoms with Crippen LogP contribution in [0.15, 0.2) is 52.9 Å². The molecule has 0 spiro atoms. The normalized spacial score (nSPS) is 13.3. The molecule has 2 aromatic carbocycles. The van der Waals surface area contributed by atoms with Crippen LogP contribution in [0.5, 0.6) is 0 Å². The van der Waals surface area contributed by atoms with Crippen molar-refractivity contribution in [2.45, 2.75) is 24.3 Å². The minimum Gasteiger partial charge on any atom is -0.436 e. The van der Waals surface area contributed by atoms with Gasteiger partial charge in [-0.25, -0.2) is 4.98 Å². The van der Waals surface area contributed by atoms with E-state index in [1.165, 1.54) is 0 Å².